The zero-order valence-corrected chi connectivity index (χ0v) is 24.4. The van der Waals surface area contributed by atoms with E-state index in [1.807, 2.05) is 22.6 Å². The number of likely N-dealkylation sites (N-methyl/N-ethyl adjacent to an activating group) is 1. The molecule has 0 heterocycles. The van der Waals surface area contributed by atoms with E-state index >= 15 is 0 Å². The Balaban J connectivity index is 1.79. The third kappa shape index (κ3) is 3.99. The average Bonchev–Trinajstić information content (AvgIpc) is 2.91. The first kappa shape index (κ1) is 28.8. The van der Waals surface area contributed by atoms with Gasteiger partial charge in [-0.05, 0) is 90.8 Å². The van der Waals surface area contributed by atoms with Gasteiger partial charge in [0.15, 0.2) is 11.4 Å². The lowest BCUT2D eigenvalue weighted by Gasteiger charge is -2.50. The monoisotopic (exact) mass is 674 g/mol. The number of aldehydes is 1. The summed E-state index contributed by atoms with van der Waals surface area (Å²) in [6, 6.07) is 5.33. The van der Waals surface area contributed by atoms with Gasteiger partial charge in [0.25, 0.3) is 5.91 Å². The van der Waals surface area contributed by atoms with E-state index in [4.69, 9.17) is 10.5 Å². The fourth-order valence-corrected chi connectivity index (χ4v) is 7.11. The second-order valence-electron chi connectivity index (χ2n) is 10.6. The molecule has 214 valence electrons. The number of halogens is 1. The molecule has 4 atom stereocenters. The van der Waals surface area contributed by atoms with Gasteiger partial charge in [-0.2, -0.15) is 0 Å². The third-order valence-electron chi connectivity index (χ3n) is 8.32. The van der Waals surface area contributed by atoms with Gasteiger partial charge in [0, 0.05) is 22.6 Å². The number of Topliss-reactive ketones (excluding diaryl/α,β-unsaturated/α-hetero) is 2. The second-order valence-corrected chi connectivity index (χ2v) is 11.8. The molecular weight excluding hydrogens is 647 g/mol. The predicted octanol–water partition coefficient (Wildman–Crippen LogP) is 2.06. The summed E-state index contributed by atoms with van der Waals surface area (Å²) in [5.74, 6) is -6.73. The lowest BCUT2D eigenvalue weighted by atomic mass is 9.57. The van der Waals surface area contributed by atoms with Crippen LogP contribution in [0.3, 0.4) is 0 Å². The normalized spacial score (nSPS) is 25.6. The molecule has 2 aromatic carbocycles. The minimum Gasteiger partial charge on any atom is -0.508 e. The number of ketones is 2. The van der Waals surface area contributed by atoms with Crippen LogP contribution in [-0.2, 0) is 20.8 Å². The first-order valence-electron chi connectivity index (χ1n) is 12.6. The minimum atomic E-state index is -2.72. The van der Waals surface area contributed by atoms with E-state index in [2.05, 4.69) is 0 Å². The summed E-state index contributed by atoms with van der Waals surface area (Å²) in [4.78, 5) is 52.5. The molecule has 5 rings (SSSR count). The van der Waals surface area contributed by atoms with Crippen LogP contribution in [0.15, 0.2) is 41.2 Å². The maximum absolute atomic E-state index is 14.0. The van der Waals surface area contributed by atoms with Crippen molar-refractivity contribution in [3.05, 3.63) is 61.4 Å². The molecule has 41 heavy (non-hydrogen) atoms. The first-order valence-corrected chi connectivity index (χ1v) is 13.7. The maximum Gasteiger partial charge on any atom is 0.255 e. The molecule has 3 aliphatic carbocycles. The van der Waals surface area contributed by atoms with Crippen molar-refractivity contribution >= 4 is 52.1 Å². The van der Waals surface area contributed by atoms with E-state index in [0.29, 0.717) is 37.9 Å². The van der Waals surface area contributed by atoms with Crippen molar-refractivity contribution < 1.29 is 44.3 Å². The molecule has 2 aromatic rings. The smallest absolute Gasteiger partial charge is 0.255 e. The Labute approximate surface area is 248 Å². The summed E-state index contributed by atoms with van der Waals surface area (Å²) in [5, 5.41) is 45.4. The summed E-state index contributed by atoms with van der Waals surface area (Å²) in [6.07, 6.45) is 0.741. The Morgan fingerprint density at radius 2 is 1.85 bits per heavy atom. The molecule has 0 radical (unpaired) electrons. The van der Waals surface area contributed by atoms with Crippen molar-refractivity contribution in [1.29, 1.82) is 0 Å². The number of aliphatic hydroxyl groups is 3. The highest BCUT2D eigenvalue weighted by Crippen LogP contribution is 2.54. The molecule has 12 heteroatoms. The van der Waals surface area contributed by atoms with Crippen molar-refractivity contribution in [3.63, 3.8) is 0 Å². The molecule has 3 aliphatic rings. The minimum absolute atomic E-state index is 0.0382. The van der Waals surface area contributed by atoms with Crippen LogP contribution < -0.4 is 10.5 Å². The highest BCUT2D eigenvalue weighted by molar-refractivity contribution is 14.1. The van der Waals surface area contributed by atoms with Gasteiger partial charge in [0.05, 0.1) is 22.3 Å². The number of phenolic OH excluding ortho intramolecular Hbond substituents is 1. The van der Waals surface area contributed by atoms with Crippen molar-refractivity contribution in [3.8, 4) is 22.6 Å². The van der Waals surface area contributed by atoms with Crippen LogP contribution in [0.5, 0.6) is 11.5 Å². The number of carbonyl (C=O) groups is 4. The average molecular weight is 674 g/mol. The predicted molar refractivity (Wildman–Crippen MR) is 154 cm³/mol. The number of phenols is 1. The number of methoxy groups -OCH3 is 1. The van der Waals surface area contributed by atoms with Gasteiger partial charge < -0.3 is 30.9 Å². The van der Waals surface area contributed by atoms with Crippen molar-refractivity contribution in [2.75, 3.05) is 21.2 Å². The largest absolute Gasteiger partial charge is 0.508 e. The Kier molecular flexibility index (Phi) is 6.99. The van der Waals surface area contributed by atoms with Crippen LogP contribution in [0, 0.1) is 15.4 Å². The Hall–Kier alpha value is -3.75. The van der Waals surface area contributed by atoms with Gasteiger partial charge in [-0.15, -0.1) is 0 Å². The molecule has 0 saturated heterocycles. The van der Waals surface area contributed by atoms with Gasteiger partial charge in [-0.25, -0.2) is 0 Å². The Morgan fingerprint density at radius 3 is 2.44 bits per heavy atom. The van der Waals surface area contributed by atoms with Gasteiger partial charge in [-0.3, -0.25) is 24.1 Å². The third-order valence-corrected chi connectivity index (χ3v) is 9.15. The lowest BCUT2D eigenvalue weighted by molar-refractivity contribution is -0.153. The number of hydrogen-bond donors (Lipinski definition) is 5. The second kappa shape index (κ2) is 9.96. The molecule has 4 unspecified atom stereocenters. The molecule has 6 N–H and O–H groups in total. The summed E-state index contributed by atoms with van der Waals surface area (Å²) in [5.41, 5.74) is 3.40. The standard InChI is InChI=1S/C29H27IN2O9/c1-32(2)22-16-8-12-7-15-13(14-6-11(10-33)4-5-18(14)41-3)9-17(30)23(34)20(15)24(35)19(12)26(37)29(16,40)27(38)21(25(22)36)28(31)39/h4-6,9-10,12,16,22,34-35,38,40H,7-8H2,1-3H3,(H2,31,39). The Morgan fingerprint density at radius 1 is 1.17 bits per heavy atom. The SMILES string of the molecule is COc1ccc(C=O)cc1-c1cc(I)c(O)c2c1CC1CC3C(N(C)C)C(=O)C(C(N)=O)=C(O)C3(O)C(=O)C1=C2O. The van der Waals surface area contributed by atoms with E-state index in [0.717, 1.165) is 0 Å². The van der Waals surface area contributed by atoms with Crippen LogP contribution >= 0.6 is 22.6 Å². The van der Waals surface area contributed by atoms with Gasteiger partial charge in [0.2, 0.25) is 5.78 Å². The molecule has 0 bridgehead atoms. The van der Waals surface area contributed by atoms with E-state index in [1.54, 1.807) is 24.3 Å². The molecule has 0 aromatic heterocycles. The number of nitrogens with zero attached hydrogens (tertiary/aromatic N) is 1. The number of aromatic hydroxyl groups is 1. The van der Waals surface area contributed by atoms with Gasteiger partial charge in [0.1, 0.15) is 34.9 Å². The zero-order chi connectivity index (χ0) is 30.1. The number of benzene rings is 2. The quantitative estimate of drug-likeness (QED) is 0.179. The highest BCUT2D eigenvalue weighted by Gasteiger charge is 2.64. The molecule has 1 fully saturated rings. The molecule has 1 amide bonds. The number of amides is 1. The summed E-state index contributed by atoms with van der Waals surface area (Å²) in [6.45, 7) is 0. The van der Waals surface area contributed by atoms with Crippen LogP contribution in [-0.4, -0.2) is 81.9 Å². The van der Waals surface area contributed by atoms with Crippen molar-refractivity contribution in [1.82, 2.24) is 4.90 Å². The molecule has 0 aliphatic heterocycles. The van der Waals surface area contributed by atoms with E-state index in [-0.39, 0.29) is 29.7 Å². The lowest BCUT2D eigenvalue weighted by Crippen LogP contribution is -2.65. The molecular formula is C29H27IN2O9. The van der Waals surface area contributed by atoms with Gasteiger partial charge in [-0.1, -0.05) is 0 Å². The number of carbonyl (C=O) groups excluding carboxylic acids is 4. The zero-order valence-electron chi connectivity index (χ0n) is 22.3. The number of aliphatic hydroxyl groups excluding tert-OH is 2. The topological polar surface area (TPSA) is 188 Å². The number of primary amides is 1. The van der Waals surface area contributed by atoms with E-state index in [9.17, 15) is 39.6 Å². The van der Waals surface area contributed by atoms with Crippen LogP contribution in [0.25, 0.3) is 16.9 Å². The van der Waals surface area contributed by atoms with Gasteiger partial charge >= 0.3 is 0 Å². The fraction of sp³-hybridized carbons (Fsp3) is 0.310. The number of nitrogens with two attached hydrogens (primary N) is 1. The number of ether oxygens (including phenoxy) is 1. The summed E-state index contributed by atoms with van der Waals surface area (Å²) < 4.78 is 5.86. The summed E-state index contributed by atoms with van der Waals surface area (Å²) >= 11 is 1.88. The van der Waals surface area contributed by atoms with Crippen LogP contribution in [0.1, 0.15) is 27.9 Å². The molecule has 11 nitrogen and oxygen atoms in total. The molecule has 0 spiro atoms. The van der Waals surface area contributed by atoms with E-state index < -0.39 is 58.0 Å². The highest BCUT2D eigenvalue weighted by atomic mass is 127. The number of hydrogen-bond acceptors (Lipinski definition) is 10. The molecule has 1 saturated carbocycles. The van der Waals surface area contributed by atoms with Crippen LogP contribution in [0.2, 0.25) is 0 Å². The fourth-order valence-electron chi connectivity index (χ4n) is 6.53. The maximum atomic E-state index is 14.0. The number of fused-ring (bicyclic) bond motifs is 3. The van der Waals surface area contributed by atoms with E-state index in [1.165, 1.54) is 26.1 Å². The number of rotatable bonds is 5. The summed E-state index contributed by atoms with van der Waals surface area (Å²) in [7, 11) is 4.55. The first-order chi connectivity index (χ1) is 19.3. The van der Waals surface area contributed by atoms with Crippen molar-refractivity contribution in [2.45, 2.75) is 24.5 Å². The Bertz CT molecular complexity index is 1630. The van der Waals surface area contributed by atoms with Crippen molar-refractivity contribution in [2.24, 2.45) is 17.6 Å². The van der Waals surface area contributed by atoms with Crippen LogP contribution in [0.4, 0.5) is 0 Å².